The second-order valence-corrected chi connectivity index (χ2v) is 12.5. The summed E-state index contributed by atoms with van der Waals surface area (Å²) >= 11 is 0. The summed E-state index contributed by atoms with van der Waals surface area (Å²) < 4.78 is 6.42. The number of nitriles is 2. The first-order chi connectivity index (χ1) is 22.4. The molecule has 2 aromatic carbocycles. The van der Waals surface area contributed by atoms with Crippen molar-refractivity contribution in [3.05, 3.63) is 71.4 Å². The summed E-state index contributed by atoms with van der Waals surface area (Å²) in [6.45, 7) is 11.5. The minimum absolute atomic E-state index is 0.132. The van der Waals surface area contributed by atoms with Gasteiger partial charge in [0.15, 0.2) is 0 Å². The number of aliphatic hydroxyl groups is 1. The molecule has 2 saturated heterocycles. The van der Waals surface area contributed by atoms with Crippen molar-refractivity contribution < 1.29 is 14.6 Å². The summed E-state index contributed by atoms with van der Waals surface area (Å²) in [6, 6.07) is 17.1. The molecule has 2 atom stereocenters. The highest BCUT2D eigenvalue weighted by molar-refractivity contribution is 5.97. The fourth-order valence-electron chi connectivity index (χ4n) is 7.40. The summed E-state index contributed by atoms with van der Waals surface area (Å²) in [6.07, 6.45) is 3.15. The van der Waals surface area contributed by atoms with Gasteiger partial charge in [-0.2, -0.15) is 10.5 Å². The number of carbonyl (C=O) groups excluding carboxylic acids is 1. The monoisotopic (exact) mass is 619 g/mol. The molecule has 46 heavy (non-hydrogen) atoms. The van der Waals surface area contributed by atoms with E-state index in [1.54, 1.807) is 4.90 Å². The summed E-state index contributed by atoms with van der Waals surface area (Å²) in [4.78, 5) is 26.2. The first kappa shape index (κ1) is 31.3. The summed E-state index contributed by atoms with van der Waals surface area (Å²) in [5.74, 6) is 0.436. The van der Waals surface area contributed by atoms with Crippen LogP contribution in [0.3, 0.4) is 0 Å². The number of aliphatic hydroxyl groups excluding tert-OH is 1. The average Bonchev–Trinajstić information content (AvgIpc) is 3.53. The van der Waals surface area contributed by atoms with E-state index in [0.29, 0.717) is 57.2 Å². The molecule has 0 saturated carbocycles. The number of piperazine rings is 1. The van der Waals surface area contributed by atoms with Gasteiger partial charge in [0, 0.05) is 61.8 Å². The maximum atomic E-state index is 12.6. The number of nitrogens with zero attached hydrogens (tertiary/aromatic N) is 7. The Bertz CT molecular complexity index is 1710. The lowest BCUT2D eigenvalue weighted by molar-refractivity contribution is -0.128. The zero-order valence-corrected chi connectivity index (χ0v) is 26.5. The fourth-order valence-corrected chi connectivity index (χ4v) is 7.40. The van der Waals surface area contributed by atoms with Crippen LogP contribution in [0.4, 0.5) is 11.4 Å². The molecule has 0 aliphatic carbocycles. The molecule has 1 amide bonds. The van der Waals surface area contributed by atoms with Crippen LogP contribution in [-0.2, 0) is 17.8 Å². The van der Waals surface area contributed by atoms with Gasteiger partial charge in [0.05, 0.1) is 49.7 Å². The van der Waals surface area contributed by atoms with E-state index in [9.17, 15) is 20.4 Å². The molecular weight excluding hydrogens is 578 g/mol. The van der Waals surface area contributed by atoms with Crippen molar-refractivity contribution in [2.75, 3.05) is 68.8 Å². The predicted octanol–water partition coefficient (Wildman–Crippen LogP) is 3.79. The van der Waals surface area contributed by atoms with Crippen LogP contribution in [0.2, 0.25) is 0 Å². The van der Waals surface area contributed by atoms with Crippen LogP contribution in [-0.4, -0.2) is 90.9 Å². The van der Waals surface area contributed by atoms with Crippen LogP contribution in [0.5, 0.6) is 5.88 Å². The molecule has 3 aromatic rings. The Morgan fingerprint density at radius 2 is 1.96 bits per heavy atom. The van der Waals surface area contributed by atoms with Gasteiger partial charge < -0.3 is 29.4 Å². The zero-order chi connectivity index (χ0) is 32.2. The number of rotatable bonds is 9. The minimum atomic E-state index is -0.321. The molecule has 0 spiro atoms. The number of hydrogen-bond donors (Lipinski definition) is 1. The molecule has 2 fully saturated rings. The molecule has 3 aliphatic heterocycles. The largest absolute Gasteiger partial charge is 0.476 e. The van der Waals surface area contributed by atoms with Crippen molar-refractivity contribution in [3.8, 4) is 18.0 Å². The lowest BCUT2D eigenvalue weighted by Gasteiger charge is -2.43. The van der Waals surface area contributed by atoms with E-state index in [4.69, 9.17) is 9.72 Å². The molecule has 1 N–H and O–H groups in total. The molecule has 238 valence electrons. The standard InChI is InChI=1S/C36H41N7O3/c1-3-33(45)43-17-16-42(22-28(43)10-13-37)35-29-12-15-41(32-9-5-8-27-7-4-6-25(2)34(27)32)23-31(29)39-36(30(35)20-38)46-24-26-11-14-40(21-26)18-19-44/h3-9,26,28,44H,1,10-12,14-19,21-24H2,2H3/t26?,28-/m0/s1. The van der Waals surface area contributed by atoms with Gasteiger partial charge in [0.1, 0.15) is 11.6 Å². The van der Waals surface area contributed by atoms with Crippen LogP contribution in [0.15, 0.2) is 49.1 Å². The van der Waals surface area contributed by atoms with Gasteiger partial charge in [-0.15, -0.1) is 0 Å². The van der Waals surface area contributed by atoms with Crippen LogP contribution in [0.1, 0.15) is 35.2 Å². The first-order valence-corrected chi connectivity index (χ1v) is 16.2. The van der Waals surface area contributed by atoms with Gasteiger partial charge in [-0.05, 0) is 49.4 Å². The van der Waals surface area contributed by atoms with Gasteiger partial charge in [-0.3, -0.25) is 4.79 Å². The molecule has 1 unspecified atom stereocenters. The van der Waals surface area contributed by atoms with Gasteiger partial charge in [0.25, 0.3) is 0 Å². The number of β-amino-alcohol motifs (C(OH)–C–C–N with tert-alkyl or cyclic N) is 1. The van der Waals surface area contributed by atoms with E-state index >= 15 is 0 Å². The predicted molar refractivity (Wildman–Crippen MR) is 178 cm³/mol. The van der Waals surface area contributed by atoms with Crippen LogP contribution < -0.4 is 14.5 Å². The summed E-state index contributed by atoms with van der Waals surface area (Å²) in [7, 11) is 0. The molecule has 1 aromatic heterocycles. The number of aryl methyl sites for hydroxylation is 1. The maximum Gasteiger partial charge on any atom is 0.246 e. The van der Waals surface area contributed by atoms with Crippen molar-refractivity contribution in [2.24, 2.45) is 5.92 Å². The zero-order valence-electron chi connectivity index (χ0n) is 26.5. The number of anilines is 2. The molecular formula is C36H41N7O3. The van der Waals surface area contributed by atoms with E-state index in [2.05, 4.69) is 76.7 Å². The normalized spacial score (nSPS) is 19.9. The molecule has 4 heterocycles. The number of ether oxygens (including phenoxy) is 1. The van der Waals surface area contributed by atoms with Crippen LogP contribution in [0.25, 0.3) is 10.8 Å². The number of fused-ring (bicyclic) bond motifs is 2. The number of hydrogen-bond acceptors (Lipinski definition) is 9. The van der Waals surface area contributed by atoms with Crippen LogP contribution in [0, 0.1) is 35.5 Å². The van der Waals surface area contributed by atoms with E-state index in [1.807, 2.05) is 0 Å². The van der Waals surface area contributed by atoms with Gasteiger partial charge in [-0.1, -0.05) is 36.9 Å². The minimum Gasteiger partial charge on any atom is -0.476 e. The Labute approximate surface area is 270 Å². The van der Waals surface area contributed by atoms with Crippen molar-refractivity contribution in [2.45, 2.75) is 38.8 Å². The molecule has 6 rings (SSSR count). The second-order valence-electron chi connectivity index (χ2n) is 12.5. The first-order valence-electron chi connectivity index (χ1n) is 16.2. The van der Waals surface area contributed by atoms with Crippen molar-refractivity contribution >= 4 is 28.1 Å². The number of benzene rings is 2. The highest BCUT2D eigenvalue weighted by Crippen LogP contribution is 2.40. The highest BCUT2D eigenvalue weighted by atomic mass is 16.5. The van der Waals surface area contributed by atoms with Crippen molar-refractivity contribution in [1.29, 1.82) is 10.5 Å². The summed E-state index contributed by atoms with van der Waals surface area (Å²) in [5, 5.41) is 32.0. The Hall–Kier alpha value is -4.64. The molecule has 0 radical (unpaired) electrons. The third kappa shape index (κ3) is 6.11. The van der Waals surface area contributed by atoms with Crippen molar-refractivity contribution in [1.82, 2.24) is 14.8 Å². The molecule has 10 heteroatoms. The third-order valence-corrected chi connectivity index (χ3v) is 9.66. The maximum absolute atomic E-state index is 12.6. The third-order valence-electron chi connectivity index (χ3n) is 9.66. The smallest absolute Gasteiger partial charge is 0.246 e. The number of carbonyl (C=O) groups is 1. The molecule has 0 bridgehead atoms. The van der Waals surface area contributed by atoms with Crippen LogP contribution >= 0.6 is 0 Å². The second kappa shape index (κ2) is 13.8. The number of aromatic nitrogens is 1. The average molecular weight is 620 g/mol. The number of pyridine rings is 1. The quantitative estimate of drug-likeness (QED) is 0.357. The lowest BCUT2D eigenvalue weighted by Crippen LogP contribution is -2.55. The highest BCUT2D eigenvalue weighted by Gasteiger charge is 2.35. The Morgan fingerprint density at radius 3 is 2.72 bits per heavy atom. The van der Waals surface area contributed by atoms with Gasteiger partial charge in [0.2, 0.25) is 11.8 Å². The lowest BCUT2D eigenvalue weighted by atomic mass is 9.95. The SMILES string of the molecule is C=CC(=O)N1CCN(c2c(C#N)c(OCC3CCN(CCO)C3)nc3c2CCN(c2cccc4cccc(C)c24)C3)C[C@@H]1CC#N. The topological polar surface area (TPSA) is 120 Å². The summed E-state index contributed by atoms with van der Waals surface area (Å²) in [5.41, 5.74) is 5.54. The Morgan fingerprint density at radius 1 is 1.13 bits per heavy atom. The van der Waals surface area contributed by atoms with E-state index < -0.39 is 0 Å². The van der Waals surface area contributed by atoms with Gasteiger partial charge >= 0.3 is 0 Å². The fraction of sp³-hybridized carbons (Fsp3) is 0.444. The van der Waals surface area contributed by atoms with E-state index in [1.165, 1.54) is 22.4 Å². The Balaban J connectivity index is 1.37. The Kier molecular flexibility index (Phi) is 9.39. The van der Waals surface area contributed by atoms with E-state index in [-0.39, 0.29) is 30.9 Å². The number of likely N-dealkylation sites (tertiary alicyclic amines) is 1. The molecule has 10 nitrogen and oxygen atoms in total. The van der Waals surface area contributed by atoms with E-state index in [0.717, 1.165) is 48.7 Å². The molecule has 3 aliphatic rings. The van der Waals surface area contributed by atoms with Gasteiger partial charge in [-0.25, -0.2) is 4.98 Å². The van der Waals surface area contributed by atoms with Crippen molar-refractivity contribution in [3.63, 3.8) is 0 Å². The number of amides is 1.